The number of thioether (sulfide) groups is 1. The second kappa shape index (κ2) is 8.96. The van der Waals surface area contributed by atoms with E-state index in [4.69, 9.17) is 0 Å². The predicted octanol–water partition coefficient (Wildman–Crippen LogP) is 4.96. The highest BCUT2D eigenvalue weighted by Gasteiger charge is 2.57. The zero-order valence-corrected chi connectivity index (χ0v) is 20.0. The zero-order chi connectivity index (χ0) is 23.9. The van der Waals surface area contributed by atoms with Gasteiger partial charge in [-0.2, -0.15) is 13.2 Å². The van der Waals surface area contributed by atoms with Crippen LogP contribution in [0.4, 0.5) is 13.2 Å². The first-order chi connectivity index (χ1) is 16.2. The van der Waals surface area contributed by atoms with E-state index in [1.807, 2.05) is 18.5 Å². The van der Waals surface area contributed by atoms with Crippen LogP contribution in [0.1, 0.15) is 42.0 Å². The first-order valence-electron chi connectivity index (χ1n) is 11.5. The second-order valence-corrected chi connectivity index (χ2v) is 10.4. The van der Waals surface area contributed by atoms with Gasteiger partial charge < -0.3 is 9.47 Å². The molecule has 1 aliphatic carbocycles. The summed E-state index contributed by atoms with van der Waals surface area (Å²) < 4.78 is 40.4. The van der Waals surface area contributed by atoms with Crippen molar-refractivity contribution in [3.63, 3.8) is 0 Å². The SMILES string of the molecule is Cc1cncc(-c2nnc(SCCCN3CCC4(C[C@@H]4c4ccc(C(F)(F)F)cc4)C3)n2C)n1. The van der Waals surface area contributed by atoms with Crippen LogP contribution >= 0.6 is 11.8 Å². The average Bonchev–Trinajstić information content (AvgIpc) is 3.14. The van der Waals surface area contributed by atoms with E-state index >= 15 is 0 Å². The van der Waals surface area contributed by atoms with Gasteiger partial charge in [0.2, 0.25) is 0 Å². The molecule has 6 nitrogen and oxygen atoms in total. The Labute approximate surface area is 201 Å². The summed E-state index contributed by atoms with van der Waals surface area (Å²) in [6.07, 6.45) is 2.38. The summed E-state index contributed by atoms with van der Waals surface area (Å²) in [5, 5.41) is 9.46. The summed E-state index contributed by atoms with van der Waals surface area (Å²) in [5.74, 6) is 2.04. The van der Waals surface area contributed by atoms with Crippen molar-refractivity contribution in [2.24, 2.45) is 12.5 Å². The van der Waals surface area contributed by atoms with Crippen LogP contribution in [0.3, 0.4) is 0 Å². The molecule has 2 atom stereocenters. The topological polar surface area (TPSA) is 59.7 Å². The smallest absolute Gasteiger partial charge is 0.304 e. The molecule has 3 aromatic rings. The summed E-state index contributed by atoms with van der Waals surface area (Å²) in [5.41, 5.74) is 2.28. The normalized spacial score (nSPS) is 22.6. The molecule has 5 rings (SSSR count). The molecule has 10 heteroatoms. The third-order valence-electron chi connectivity index (χ3n) is 6.96. The molecular weight excluding hydrogens is 461 g/mol. The lowest BCUT2D eigenvalue weighted by Crippen LogP contribution is -2.23. The summed E-state index contributed by atoms with van der Waals surface area (Å²) in [7, 11) is 1.94. The maximum absolute atomic E-state index is 12.8. The van der Waals surface area contributed by atoms with Gasteiger partial charge in [0, 0.05) is 25.5 Å². The van der Waals surface area contributed by atoms with Crippen LogP contribution in [0, 0.1) is 12.3 Å². The van der Waals surface area contributed by atoms with Gasteiger partial charge in [0.05, 0.1) is 17.5 Å². The lowest BCUT2D eigenvalue weighted by atomic mass is 9.97. The summed E-state index contributed by atoms with van der Waals surface area (Å²) in [6.45, 7) is 5.01. The molecule has 180 valence electrons. The molecule has 1 unspecified atom stereocenters. The van der Waals surface area contributed by atoms with Crippen molar-refractivity contribution in [3.8, 4) is 11.5 Å². The molecule has 2 aromatic heterocycles. The largest absolute Gasteiger partial charge is 0.416 e. The highest BCUT2D eigenvalue weighted by atomic mass is 32.2. The van der Waals surface area contributed by atoms with E-state index in [9.17, 15) is 13.2 Å². The monoisotopic (exact) mass is 488 g/mol. The minimum Gasteiger partial charge on any atom is -0.304 e. The fraction of sp³-hybridized carbons (Fsp3) is 0.500. The standard InChI is InChI=1S/C24H27F3N6S/c1-16-13-28-14-20(29-16)21-30-31-22(32(21)2)34-11-3-9-33-10-8-23(15-33)12-19(23)17-4-6-18(7-5-17)24(25,26)27/h4-7,13-14,19H,3,8-12,15H2,1-2H3/t19-,23?/m1/s1. The maximum Gasteiger partial charge on any atom is 0.416 e. The fourth-order valence-corrected chi connectivity index (χ4v) is 5.87. The Balaban J connectivity index is 1.09. The fourth-order valence-electron chi connectivity index (χ4n) is 5.04. The number of likely N-dealkylation sites (tertiary alicyclic amines) is 1. The van der Waals surface area contributed by atoms with Crippen LogP contribution in [-0.2, 0) is 13.2 Å². The number of hydrogen-bond acceptors (Lipinski definition) is 6. The molecule has 2 aliphatic rings. The van der Waals surface area contributed by atoms with Crippen molar-refractivity contribution < 1.29 is 13.2 Å². The number of hydrogen-bond donors (Lipinski definition) is 0. The lowest BCUT2D eigenvalue weighted by Gasteiger charge is -2.16. The van der Waals surface area contributed by atoms with Crippen LogP contribution in [-0.4, -0.2) is 55.0 Å². The molecule has 0 bridgehead atoms. The number of aromatic nitrogens is 5. The van der Waals surface area contributed by atoms with Gasteiger partial charge in [-0.3, -0.25) is 4.98 Å². The number of halogens is 3. The lowest BCUT2D eigenvalue weighted by molar-refractivity contribution is -0.137. The van der Waals surface area contributed by atoms with Gasteiger partial charge in [-0.15, -0.1) is 10.2 Å². The zero-order valence-electron chi connectivity index (χ0n) is 19.2. The Kier molecular flexibility index (Phi) is 6.14. The van der Waals surface area contributed by atoms with E-state index in [1.165, 1.54) is 12.1 Å². The number of nitrogens with zero attached hydrogens (tertiary/aromatic N) is 6. The third-order valence-corrected chi connectivity index (χ3v) is 8.07. The molecule has 1 saturated carbocycles. The van der Waals surface area contributed by atoms with Crippen LogP contribution in [0.25, 0.3) is 11.5 Å². The molecule has 0 radical (unpaired) electrons. The van der Waals surface area contributed by atoms with Gasteiger partial charge in [0.15, 0.2) is 11.0 Å². The maximum atomic E-state index is 12.8. The molecular formula is C24H27F3N6S. The van der Waals surface area contributed by atoms with E-state index in [2.05, 4.69) is 25.1 Å². The summed E-state index contributed by atoms with van der Waals surface area (Å²) >= 11 is 1.69. The molecule has 2 fully saturated rings. The first kappa shape index (κ1) is 23.3. The Morgan fingerprint density at radius 3 is 2.68 bits per heavy atom. The van der Waals surface area contributed by atoms with Crippen molar-refractivity contribution in [1.29, 1.82) is 0 Å². The number of aryl methyl sites for hydroxylation is 1. The van der Waals surface area contributed by atoms with Gasteiger partial charge >= 0.3 is 6.18 Å². The third kappa shape index (κ3) is 4.70. The van der Waals surface area contributed by atoms with E-state index in [1.54, 1.807) is 36.3 Å². The van der Waals surface area contributed by atoms with Crippen LogP contribution in [0.2, 0.25) is 0 Å². The molecule has 1 aliphatic heterocycles. The van der Waals surface area contributed by atoms with Crippen molar-refractivity contribution >= 4 is 11.8 Å². The van der Waals surface area contributed by atoms with Crippen molar-refractivity contribution in [3.05, 3.63) is 53.5 Å². The van der Waals surface area contributed by atoms with Crippen molar-refractivity contribution in [2.75, 3.05) is 25.4 Å². The van der Waals surface area contributed by atoms with Crippen molar-refractivity contribution in [1.82, 2.24) is 29.6 Å². The van der Waals surface area contributed by atoms with E-state index < -0.39 is 11.7 Å². The van der Waals surface area contributed by atoms with Gasteiger partial charge in [0.25, 0.3) is 0 Å². The van der Waals surface area contributed by atoms with Gasteiger partial charge in [-0.1, -0.05) is 23.9 Å². The first-order valence-corrected chi connectivity index (χ1v) is 12.4. The van der Waals surface area contributed by atoms with Crippen LogP contribution in [0.5, 0.6) is 0 Å². The van der Waals surface area contributed by atoms with Crippen molar-refractivity contribution in [2.45, 2.75) is 43.4 Å². The van der Waals surface area contributed by atoms with Crippen LogP contribution < -0.4 is 0 Å². The number of benzene rings is 1. The van der Waals surface area contributed by atoms with Crippen LogP contribution in [0.15, 0.2) is 41.8 Å². The number of rotatable bonds is 7. The van der Waals surface area contributed by atoms with E-state index in [0.717, 1.165) is 66.8 Å². The summed E-state index contributed by atoms with van der Waals surface area (Å²) in [4.78, 5) is 11.2. The molecule has 0 amide bonds. The predicted molar refractivity (Wildman–Crippen MR) is 124 cm³/mol. The highest BCUT2D eigenvalue weighted by Crippen LogP contribution is 2.64. The van der Waals surface area contributed by atoms with E-state index in [-0.39, 0.29) is 5.41 Å². The molecule has 1 spiro atoms. The van der Waals surface area contributed by atoms with E-state index in [0.29, 0.717) is 11.7 Å². The van der Waals surface area contributed by atoms with Gasteiger partial charge in [-0.25, -0.2) is 4.98 Å². The quantitative estimate of drug-likeness (QED) is 0.346. The molecule has 34 heavy (non-hydrogen) atoms. The Morgan fingerprint density at radius 2 is 1.94 bits per heavy atom. The minimum absolute atomic E-state index is 0.250. The molecule has 1 saturated heterocycles. The summed E-state index contributed by atoms with van der Waals surface area (Å²) in [6, 6.07) is 5.77. The Morgan fingerprint density at radius 1 is 1.15 bits per heavy atom. The molecule has 0 N–H and O–H groups in total. The molecule has 3 heterocycles. The Bertz CT molecular complexity index is 1160. The van der Waals surface area contributed by atoms with Gasteiger partial charge in [-0.05, 0) is 68.3 Å². The molecule has 1 aromatic carbocycles. The second-order valence-electron chi connectivity index (χ2n) is 9.38. The highest BCUT2D eigenvalue weighted by molar-refractivity contribution is 7.99. The minimum atomic E-state index is -4.27. The average molecular weight is 489 g/mol. The number of alkyl halides is 3. The Hall–Kier alpha value is -2.46. The van der Waals surface area contributed by atoms with Gasteiger partial charge in [0.1, 0.15) is 5.69 Å².